The maximum atomic E-state index is 11.9. The lowest BCUT2D eigenvalue weighted by molar-refractivity contribution is -0.130. The molecule has 1 heterocycles. The van der Waals surface area contributed by atoms with Crippen molar-refractivity contribution in [1.29, 1.82) is 0 Å². The summed E-state index contributed by atoms with van der Waals surface area (Å²) in [7, 11) is 0. The summed E-state index contributed by atoms with van der Waals surface area (Å²) in [5.41, 5.74) is 5.67. The molecular weight excluding hydrogens is 214 g/mol. The predicted molar refractivity (Wildman–Crippen MR) is 69.3 cm³/mol. The van der Waals surface area contributed by atoms with Crippen LogP contribution in [0.5, 0.6) is 0 Å². The summed E-state index contributed by atoms with van der Waals surface area (Å²) in [6.45, 7) is 4.96. The Balaban J connectivity index is 2.24. The van der Waals surface area contributed by atoms with Gasteiger partial charge in [-0.15, -0.1) is 11.8 Å². The standard InChI is InChI=1S/C13H23N3O/c1-2-3-4-7-15-12(11-14)10-13(17)16-8-5-6-9-16/h12,15H,4-11,14H2,1H3. The maximum Gasteiger partial charge on any atom is 0.224 e. The number of nitrogens with two attached hydrogens (primary N) is 1. The monoisotopic (exact) mass is 237 g/mol. The molecule has 96 valence electrons. The molecule has 1 amide bonds. The van der Waals surface area contributed by atoms with Gasteiger partial charge >= 0.3 is 0 Å². The molecule has 17 heavy (non-hydrogen) atoms. The number of hydrogen-bond acceptors (Lipinski definition) is 3. The van der Waals surface area contributed by atoms with Crippen molar-refractivity contribution in [3.8, 4) is 11.8 Å². The molecule has 1 atom stereocenters. The van der Waals surface area contributed by atoms with E-state index in [9.17, 15) is 4.79 Å². The Morgan fingerprint density at radius 3 is 2.76 bits per heavy atom. The third-order valence-corrected chi connectivity index (χ3v) is 3.02. The fourth-order valence-corrected chi connectivity index (χ4v) is 2.01. The van der Waals surface area contributed by atoms with Crippen molar-refractivity contribution < 1.29 is 4.79 Å². The van der Waals surface area contributed by atoms with Crippen molar-refractivity contribution in [1.82, 2.24) is 10.2 Å². The van der Waals surface area contributed by atoms with Crippen LogP contribution < -0.4 is 11.1 Å². The van der Waals surface area contributed by atoms with E-state index in [1.807, 2.05) is 11.8 Å². The van der Waals surface area contributed by atoms with Crippen LogP contribution in [0.25, 0.3) is 0 Å². The Morgan fingerprint density at radius 2 is 2.18 bits per heavy atom. The average molecular weight is 237 g/mol. The molecule has 0 aromatic heterocycles. The molecule has 1 aliphatic heterocycles. The van der Waals surface area contributed by atoms with Crippen LogP contribution in [0.2, 0.25) is 0 Å². The van der Waals surface area contributed by atoms with Gasteiger partial charge in [0.2, 0.25) is 5.91 Å². The quantitative estimate of drug-likeness (QED) is 0.517. The zero-order chi connectivity index (χ0) is 12.5. The number of nitrogens with zero attached hydrogens (tertiary/aromatic N) is 1. The number of nitrogens with one attached hydrogen (secondary N) is 1. The van der Waals surface area contributed by atoms with Gasteiger partial charge in [0.15, 0.2) is 0 Å². The lowest BCUT2D eigenvalue weighted by Gasteiger charge is -2.20. The Labute approximate surface area is 104 Å². The molecule has 1 unspecified atom stereocenters. The van der Waals surface area contributed by atoms with Crippen molar-refractivity contribution in [3.63, 3.8) is 0 Å². The van der Waals surface area contributed by atoms with Crippen LogP contribution >= 0.6 is 0 Å². The van der Waals surface area contributed by atoms with E-state index in [4.69, 9.17) is 5.73 Å². The maximum absolute atomic E-state index is 11.9. The Morgan fingerprint density at radius 1 is 1.47 bits per heavy atom. The Hall–Kier alpha value is -1.05. The van der Waals surface area contributed by atoms with Crippen LogP contribution in [0.1, 0.15) is 32.6 Å². The first-order chi connectivity index (χ1) is 8.27. The molecule has 1 saturated heterocycles. The molecule has 4 nitrogen and oxygen atoms in total. The number of carbonyl (C=O) groups is 1. The van der Waals surface area contributed by atoms with Crippen LogP contribution in [0, 0.1) is 11.8 Å². The zero-order valence-corrected chi connectivity index (χ0v) is 10.7. The van der Waals surface area contributed by atoms with Gasteiger partial charge in [0.05, 0.1) is 0 Å². The molecule has 1 fully saturated rings. The topological polar surface area (TPSA) is 58.4 Å². The first kappa shape index (κ1) is 14.0. The molecule has 0 bridgehead atoms. The van der Waals surface area contributed by atoms with Crippen LogP contribution in [-0.2, 0) is 4.79 Å². The number of carbonyl (C=O) groups excluding carboxylic acids is 1. The van der Waals surface area contributed by atoms with Gasteiger partial charge in [0, 0.05) is 45.1 Å². The van der Waals surface area contributed by atoms with E-state index in [0.29, 0.717) is 13.0 Å². The lowest BCUT2D eigenvalue weighted by atomic mass is 10.2. The molecule has 3 N–H and O–H groups in total. The third-order valence-electron chi connectivity index (χ3n) is 3.02. The van der Waals surface area contributed by atoms with Crippen molar-refractivity contribution in [2.24, 2.45) is 5.73 Å². The molecule has 4 heteroatoms. The second-order valence-corrected chi connectivity index (χ2v) is 4.36. The van der Waals surface area contributed by atoms with Crippen LogP contribution in [0.15, 0.2) is 0 Å². The van der Waals surface area contributed by atoms with Crippen molar-refractivity contribution >= 4 is 5.91 Å². The predicted octanol–water partition coefficient (Wildman–Crippen LogP) is 0.329. The Kier molecular flexibility index (Phi) is 6.68. The number of rotatable bonds is 6. The minimum Gasteiger partial charge on any atom is -0.343 e. The van der Waals surface area contributed by atoms with E-state index in [1.165, 1.54) is 0 Å². The summed E-state index contributed by atoms with van der Waals surface area (Å²) in [5, 5.41) is 3.28. The van der Waals surface area contributed by atoms with Crippen LogP contribution in [0.3, 0.4) is 0 Å². The summed E-state index contributed by atoms with van der Waals surface area (Å²) >= 11 is 0. The zero-order valence-electron chi connectivity index (χ0n) is 10.7. The average Bonchev–Trinajstić information content (AvgIpc) is 2.86. The summed E-state index contributed by atoms with van der Waals surface area (Å²) in [5.74, 6) is 6.06. The van der Waals surface area contributed by atoms with Crippen molar-refractivity contribution in [2.75, 3.05) is 26.2 Å². The first-order valence-corrected chi connectivity index (χ1v) is 6.38. The highest BCUT2D eigenvalue weighted by molar-refractivity contribution is 5.77. The van der Waals surface area contributed by atoms with Gasteiger partial charge < -0.3 is 16.0 Å². The van der Waals surface area contributed by atoms with Gasteiger partial charge in [-0.1, -0.05) is 0 Å². The third kappa shape index (κ3) is 5.20. The minimum absolute atomic E-state index is 0.0850. The van der Waals surface area contributed by atoms with Crippen molar-refractivity contribution in [2.45, 2.75) is 38.6 Å². The highest BCUT2D eigenvalue weighted by Gasteiger charge is 2.20. The number of amides is 1. The summed E-state index contributed by atoms with van der Waals surface area (Å²) in [4.78, 5) is 13.8. The molecular formula is C13H23N3O. The first-order valence-electron chi connectivity index (χ1n) is 6.38. The van der Waals surface area contributed by atoms with Gasteiger partial charge in [-0.3, -0.25) is 4.79 Å². The number of likely N-dealkylation sites (tertiary alicyclic amines) is 1. The van der Waals surface area contributed by atoms with Crippen LogP contribution in [-0.4, -0.2) is 43.0 Å². The highest BCUT2D eigenvalue weighted by atomic mass is 16.2. The second-order valence-electron chi connectivity index (χ2n) is 4.36. The minimum atomic E-state index is 0.0850. The molecule has 0 saturated carbocycles. The fourth-order valence-electron chi connectivity index (χ4n) is 2.01. The smallest absolute Gasteiger partial charge is 0.224 e. The van der Waals surface area contributed by atoms with E-state index in [1.54, 1.807) is 0 Å². The van der Waals surface area contributed by atoms with E-state index in [0.717, 1.165) is 38.9 Å². The molecule has 1 rings (SSSR count). The fraction of sp³-hybridized carbons (Fsp3) is 0.769. The Bertz CT molecular complexity index is 287. The summed E-state index contributed by atoms with van der Waals surface area (Å²) in [6, 6.07) is 0.0850. The molecule has 0 radical (unpaired) electrons. The van der Waals surface area contributed by atoms with Gasteiger partial charge in [0.25, 0.3) is 0 Å². The van der Waals surface area contributed by atoms with Gasteiger partial charge in [-0.2, -0.15) is 0 Å². The van der Waals surface area contributed by atoms with Gasteiger partial charge in [-0.25, -0.2) is 0 Å². The number of hydrogen-bond donors (Lipinski definition) is 2. The van der Waals surface area contributed by atoms with Gasteiger partial charge in [0.1, 0.15) is 0 Å². The largest absolute Gasteiger partial charge is 0.343 e. The SMILES string of the molecule is CC#CCCNC(CN)CC(=O)N1CCCC1. The second kappa shape index (κ2) is 8.10. The molecule has 0 aromatic carbocycles. The van der Waals surface area contributed by atoms with Crippen LogP contribution in [0.4, 0.5) is 0 Å². The van der Waals surface area contributed by atoms with E-state index in [-0.39, 0.29) is 11.9 Å². The summed E-state index contributed by atoms with van der Waals surface area (Å²) < 4.78 is 0. The molecule has 0 aliphatic carbocycles. The van der Waals surface area contributed by atoms with Crippen molar-refractivity contribution in [3.05, 3.63) is 0 Å². The molecule has 1 aliphatic rings. The van der Waals surface area contributed by atoms with E-state index >= 15 is 0 Å². The van der Waals surface area contributed by atoms with E-state index in [2.05, 4.69) is 17.2 Å². The highest BCUT2D eigenvalue weighted by Crippen LogP contribution is 2.09. The van der Waals surface area contributed by atoms with E-state index < -0.39 is 0 Å². The molecule has 0 aromatic rings. The normalized spacial score (nSPS) is 16.5. The lowest BCUT2D eigenvalue weighted by Crippen LogP contribution is -2.41. The summed E-state index contributed by atoms with van der Waals surface area (Å²) in [6.07, 6.45) is 3.60. The van der Waals surface area contributed by atoms with Gasteiger partial charge in [-0.05, 0) is 19.8 Å². The molecule has 0 spiro atoms.